The molecule has 0 bridgehead atoms. The predicted octanol–water partition coefficient (Wildman–Crippen LogP) is 6.33. The lowest BCUT2D eigenvalue weighted by molar-refractivity contribution is -0.132. The molecule has 2 amide bonds. The highest BCUT2D eigenvalue weighted by molar-refractivity contribution is 5.83. The number of ether oxygens (including phenoxy) is 2. The molecule has 2 atom stereocenters. The van der Waals surface area contributed by atoms with Crippen molar-refractivity contribution in [3.05, 3.63) is 77.6 Å². The van der Waals surface area contributed by atoms with Gasteiger partial charge in [-0.25, -0.2) is 9.78 Å². The summed E-state index contributed by atoms with van der Waals surface area (Å²) < 4.78 is 13.1. The third-order valence-corrected chi connectivity index (χ3v) is 8.21. The van der Waals surface area contributed by atoms with Crippen LogP contribution < -0.4 is 5.32 Å². The van der Waals surface area contributed by atoms with Gasteiger partial charge in [0.2, 0.25) is 5.91 Å². The number of aromatic nitrogens is 2. The zero-order valence-electron chi connectivity index (χ0n) is 26.7. The Morgan fingerprint density at radius 3 is 2.67 bits per heavy atom. The second-order valence-electron chi connectivity index (χ2n) is 12.9. The average molecular weight is 610 g/mol. The molecule has 45 heavy (non-hydrogen) atoms. The Labute approximate surface area is 265 Å². The first kappa shape index (κ1) is 32.0. The lowest BCUT2D eigenvalue weighted by Crippen LogP contribution is -2.46. The molecule has 2 heterocycles. The van der Waals surface area contributed by atoms with Gasteiger partial charge in [0.1, 0.15) is 11.4 Å². The lowest BCUT2D eigenvalue weighted by atomic mass is 9.95. The van der Waals surface area contributed by atoms with E-state index in [-0.39, 0.29) is 18.2 Å². The number of amides is 2. The van der Waals surface area contributed by atoms with E-state index in [0.717, 1.165) is 52.5 Å². The van der Waals surface area contributed by atoms with E-state index in [2.05, 4.69) is 46.3 Å². The van der Waals surface area contributed by atoms with Crippen molar-refractivity contribution in [3.8, 4) is 6.07 Å². The number of likely N-dealkylation sites (tertiary alicyclic amines) is 1. The smallest absolute Gasteiger partial charge is 0.407 e. The Balaban J connectivity index is 1.35. The maximum Gasteiger partial charge on any atom is 0.407 e. The van der Waals surface area contributed by atoms with Gasteiger partial charge < -0.3 is 24.3 Å². The third-order valence-electron chi connectivity index (χ3n) is 8.21. The lowest BCUT2D eigenvalue weighted by Gasteiger charge is -2.34. The Kier molecular flexibility index (Phi) is 10.0. The van der Waals surface area contributed by atoms with E-state index in [9.17, 15) is 14.9 Å². The minimum Gasteiger partial charge on any atom is -0.444 e. The second kappa shape index (κ2) is 14.1. The molecule has 1 saturated heterocycles. The number of carbonyl (C=O) groups excluding carboxylic acids is 2. The van der Waals surface area contributed by atoms with Crippen LogP contribution in [-0.4, -0.2) is 64.9 Å². The van der Waals surface area contributed by atoms with E-state index in [4.69, 9.17) is 14.5 Å². The van der Waals surface area contributed by atoms with Gasteiger partial charge in [-0.15, -0.1) is 0 Å². The summed E-state index contributed by atoms with van der Waals surface area (Å²) in [5.41, 5.74) is 2.77. The summed E-state index contributed by atoms with van der Waals surface area (Å²) in [4.78, 5) is 33.6. The number of benzene rings is 3. The van der Waals surface area contributed by atoms with Crippen molar-refractivity contribution in [2.24, 2.45) is 0 Å². The number of nitrogens with one attached hydrogen (secondary N) is 1. The molecule has 0 aliphatic carbocycles. The van der Waals surface area contributed by atoms with E-state index < -0.39 is 17.7 Å². The van der Waals surface area contributed by atoms with Gasteiger partial charge in [-0.1, -0.05) is 42.5 Å². The maximum atomic E-state index is 13.9. The molecule has 0 saturated carbocycles. The van der Waals surface area contributed by atoms with Crippen molar-refractivity contribution in [1.29, 1.82) is 5.26 Å². The number of alkyl carbamates (subject to hydrolysis) is 1. The van der Waals surface area contributed by atoms with Crippen molar-refractivity contribution in [3.63, 3.8) is 0 Å². The van der Waals surface area contributed by atoms with Gasteiger partial charge in [-0.05, 0) is 81.0 Å². The zero-order valence-corrected chi connectivity index (χ0v) is 26.7. The fourth-order valence-corrected chi connectivity index (χ4v) is 6.18. The van der Waals surface area contributed by atoms with Crippen LogP contribution in [0.2, 0.25) is 0 Å². The van der Waals surface area contributed by atoms with Gasteiger partial charge >= 0.3 is 6.09 Å². The van der Waals surface area contributed by atoms with Gasteiger partial charge in [0, 0.05) is 51.7 Å². The number of carbonyl (C=O) groups is 2. The fourth-order valence-electron chi connectivity index (χ4n) is 6.18. The summed E-state index contributed by atoms with van der Waals surface area (Å²) >= 11 is 0. The number of nitriles is 1. The summed E-state index contributed by atoms with van der Waals surface area (Å²) in [6.07, 6.45) is 2.72. The normalized spacial score (nSPS) is 16.0. The SMILES string of the molecule is COCCCn1c(C2CCCN(C(=O)CC(Cc3ccc4ccccc4c3)NC(=O)OC(C)(C)C)C2)nc2ccc(C#N)cc21. The Bertz CT molecular complexity index is 1700. The number of aryl methyl sites for hydroxylation is 1. The van der Waals surface area contributed by atoms with E-state index in [1.807, 2.05) is 49.9 Å². The fraction of sp³-hybridized carbons (Fsp3) is 0.444. The van der Waals surface area contributed by atoms with Crippen LogP contribution in [0.4, 0.5) is 4.79 Å². The molecule has 1 fully saturated rings. The van der Waals surface area contributed by atoms with Crippen LogP contribution in [0.15, 0.2) is 60.7 Å². The number of hydrogen-bond donors (Lipinski definition) is 1. The van der Waals surface area contributed by atoms with Crippen molar-refractivity contribution >= 4 is 33.8 Å². The Morgan fingerprint density at radius 2 is 1.91 bits per heavy atom. The molecule has 0 spiro atoms. The molecule has 5 rings (SSSR count). The number of fused-ring (bicyclic) bond motifs is 2. The molecule has 236 valence electrons. The van der Waals surface area contributed by atoms with Crippen LogP contribution >= 0.6 is 0 Å². The van der Waals surface area contributed by atoms with Gasteiger partial charge in [0.05, 0.1) is 22.7 Å². The molecule has 1 aliphatic rings. The van der Waals surface area contributed by atoms with E-state index >= 15 is 0 Å². The summed E-state index contributed by atoms with van der Waals surface area (Å²) in [6.45, 7) is 8.02. The first-order valence-electron chi connectivity index (χ1n) is 15.8. The molecule has 1 aliphatic heterocycles. The number of nitrogens with zero attached hydrogens (tertiary/aromatic N) is 4. The minimum atomic E-state index is -0.648. The van der Waals surface area contributed by atoms with Gasteiger partial charge in [0.25, 0.3) is 0 Å². The maximum absolute atomic E-state index is 13.9. The summed E-state index contributed by atoms with van der Waals surface area (Å²) in [6, 6.07) is 21.8. The molecule has 9 heteroatoms. The van der Waals surface area contributed by atoms with Gasteiger partial charge in [-0.3, -0.25) is 4.79 Å². The van der Waals surface area contributed by atoms with E-state index in [0.29, 0.717) is 38.2 Å². The second-order valence-corrected chi connectivity index (χ2v) is 12.9. The van der Waals surface area contributed by atoms with Crippen molar-refractivity contribution in [2.75, 3.05) is 26.8 Å². The van der Waals surface area contributed by atoms with Crippen LogP contribution in [-0.2, 0) is 27.2 Å². The molecule has 3 aromatic carbocycles. The molecule has 0 radical (unpaired) electrons. The first-order chi connectivity index (χ1) is 21.6. The van der Waals surface area contributed by atoms with Crippen molar-refractivity contribution in [2.45, 2.75) is 77.0 Å². The predicted molar refractivity (Wildman–Crippen MR) is 175 cm³/mol. The highest BCUT2D eigenvalue weighted by Crippen LogP contribution is 2.31. The van der Waals surface area contributed by atoms with Crippen molar-refractivity contribution in [1.82, 2.24) is 19.8 Å². The average Bonchev–Trinajstić information content (AvgIpc) is 3.37. The highest BCUT2D eigenvalue weighted by Gasteiger charge is 2.31. The van der Waals surface area contributed by atoms with Crippen LogP contribution in [0.5, 0.6) is 0 Å². The zero-order chi connectivity index (χ0) is 32.0. The number of imidazole rings is 1. The molecule has 2 unspecified atom stereocenters. The van der Waals surface area contributed by atoms with Crippen LogP contribution in [0, 0.1) is 11.3 Å². The third kappa shape index (κ3) is 8.20. The summed E-state index contributed by atoms with van der Waals surface area (Å²) in [7, 11) is 1.69. The first-order valence-corrected chi connectivity index (χ1v) is 15.8. The Hall–Kier alpha value is -4.42. The highest BCUT2D eigenvalue weighted by atomic mass is 16.6. The molecule has 1 aromatic heterocycles. The standard InChI is InChI=1S/C36H43N5O4/c1-36(2,3)45-35(43)38-30(20-25-12-14-27-9-5-6-10-28(27)19-25)22-33(42)40-16-7-11-29(24-40)34-39-31-15-13-26(23-37)21-32(31)41(34)17-8-18-44-4/h5-6,9-10,12-15,19,21,29-30H,7-8,11,16-18,20,22,24H2,1-4H3,(H,38,43). The van der Waals surface area contributed by atoms with E-state index in [1.165, 1.54) is 0 Å². The molecule has 9 nitrogen and oxygen atoms in total. The van der Waals surface area contributed by atoms with Gasteiger partial charge in [-0.2, -0.15) is 5.26 Å². The summed E-state index contributed by atoms with van der Waals surface area (Å²) in [5, 5.41) is 14.7. The monoisotopic (exact) mass is 609 g/mol. The number of hydrogen-bond acceptors (Lipinski definition) is 6. The molecule has 4 aromatic rings. The largest absolute Gasteiger partial charge is 0.444 e. The molecular formula is C36H43N5O4. The minimum absolute atomic E-state index is 0.00430. The topological polar surface area (TPSA) is 109 Å². The van der Waals surface area contributed by atoms with Crippen LogP contribution in [0.25, 0.3) is 21.8 Å². The van der Waals surface area contributed by atoms with E-state index in [1.54, 1.807) is 13.2 Å². The number of piperidine rings is 1. The Morgan fingerprint density at radius 1 is 1.11 bits per heavy atom. The summed E-state index contributed by atoms with van der Waals surface area (Å²) in [5.74, 6) is 0.990. The van der Waals surface area contributed by atoms with Crippen molar-refractivity contribution < 1.29 is 19.1 Å². The number of methoxy groups -OCH3 is 1. The number of rotatable bonds is 10. The van der Waals surface area contributed by atoms with Crippen LogP contribution in [0.1, 0.15) is 69.3 Å². The molecular weight excluding hydrogens is 566 g/mol. The quantitative estimate of drug-likeness (QED) is 0.211. The van der Waals surface area contributed by atoms with Crippen LogP contribution in [0.3, 0.4) is 0 Å². The molecule has 1 N–H and O–H groups in total. The van der Waals surface area contributed by atoms with Gasteiger partial charge in [0.15, 0.2) is 0 Å².